The van der Waals surface area contributed by atoms with Crippen LogP contribution < -0.4 is 5.73 Å². The highest BCUT2D eigenvalue weighted by atomic mass is 16.5. The number of carbonyl (C=O) groups is 2. The van der Waals surface area contributed by atoms with Crippen LogP contribution in [0, 0.1) is 0 Å². The average Bonchev–Trinajstić information content (AvgIpc) is 2.02. The molecule has 0 bridgehead atoms. The smallest absolute Gasteiger partial charge is 0.320 e. The molecule has 0 aliphatic carbocycles. The Kier molecular flexibility index (Phi) is 6.74. The van der Waals surface area contributed by atoms with Crippen molar-refractivity contribution in [3.05, 3.63) is 0 Å². The fourth-order valence-electron chi connectivity index (χ4n) is 0.918. The van der Waals surface area contributed by atoms with Gasteiger partial charge < -0.3 is 10.5 Å². The number of primary amides is 1. The zero-order chi connectivity index (χ0) is 11.0. The quantitative estimate of drug-likeness (QED) is 0.456. The third-order valence-electron chi connectivity index (χ3n) is 1.59. The number of hydrogen-bond donors (Lipinski definition) is 1. The first-order chi connectivity index (χ1) is 6.56. The standard InChI is InChI=1S/C9H18N2O3/c1-3-4-5-14-9(13)7-11(2)6-8(10)12/h3-7H2,1-2H3,(H2,10,12). The number of nitrogens with zero attached hydrogens (tertiary/aromatic N) is 1. The number of hydrogen-bond acceptors (Lipinski definition) is 4. The summed E-state index contributed by atoms with van der Waals surface area (Å²) in [5, 5.41) is 0. The predicted octanol–water partition coefficient (Wildman–Crippen LogP) is -0.253. The maximum atomic E-state index is 11.1. The zero-order valence-electron chi connectivity index (χ0n) is 8.78. The van der Waals surface area contributed by atoms with Crippen LogP contribution in [-0.2, 0) is 14.3 Å². The van der Waals surface area contributed by atoms with Crippen LogP contribution in [0.25, 0.3) is 0 Å². The van der Waals surface area contributed by atoms with E-state index in [1.165, 1.54) is 4.90 Å². The van der Waals surface area contributed by atoms with Crippen LogP contribution in [0.4, 0.5) is 0 Å². The topological polar surface area (TPSA) is 72.6 Å². The van der Waals surface area contributed by atoms with Crippen molar-refractivity contribution in [2.24, 2.45) is 5.73 Å². The summed E-state index contributed by atoms with van der Waals surface area (Å²) in [5.41, 5.74) is 4.96. The van der Waals surface area contributed by atoms with Crippen molar-refractivity contribution < 1.29 is 14.3 Å². The van der Waals surface area contributed by atoms with Crippen molar-refractivity contribution in [3.63, 3.8) is 0 Å². The molecule has 1 amide bonds. The summed E-state index contributed by atoms with van der Waals surface area (Å²) < 4.78 is 4.90. The summed E-state index contributed by atoms with van der Waals surface area (Å²) in [4.78, 5) is 23.1. The van der Waals surface area contributed by atoms with Crippen LogP contribution in [0.3, 0.4) is 0 Å². The van der Waals surface area contributed by atoms with Gasteiger partial charge in [0.05, 0.1) is 19.7 Å². The molecular weight excluding hydrogens is 184 g/mol. The van der Waals surface area contributed by atoms with Gasteiger partial charge in [0.2, 0.25) is 5.91 Å². The molecule has 0 aromatic carbocycles. The summed E-state index contributed by atoms with van der Waals surface area (Å²) in [6.07, 6.45) is 1.86. The highest BCUT2D eigenvalue weighted by molar-refractivity contribution is 5.77. The first-order valence-corrected chi connectivity index (χ1v) is 4.68. The van der Waals surface area contributed by atoms with Gasteiger partial charge in [0.25, 0.3) is 0 Å². The number of carbonyl (C=O) groups excluding carboxylic acids is 2. The van der Waals surface area contributed by atoms with Gasteiger partial charge in [0, 0.05) is 0 Å². The van der Waals surface area contributed by atoms with Crippen LogP contribution >= 0.6 is 0 Å². The maximum absolute atomic E-state index is 11.1. The second-order valence-electron chi connectivity index (χ2n) is 3.21. The molecule has 2 N–H and O–H groups in total. The van der Waals surface area contributed by atoms with Gasteiger partial charge in [-0.15, -0.1) is 0 Å². The lowest BCUT2D eigenvalue weighted by Gasteiger charge is -2.13. The minimum Gasteiger partial charge on any atom is -0.465 e. The van der Waals surface area contributed by atoms with E-state index in [0.717, 1.165) is 12.8 Å². The Balaban J connectivity index is 3.55. The predicted molar refractivity (Wildman–Crippen MR) is 52.6 cm³/mol. The van der Waals surface area contributed by atoms with Crippen LogP contribution in [0.15, 0.2) is 0 Å². The number of unbranched alkanes of at least 4 members (excludes halogenated alkanes) is 1. The Morgan fingerprint density at radius 3 is 2.50 bits per heavy atom. The highest BCUT2D eigenvalue weighted by Gasteiger charge is 2.08. The minimum atomic E-state index is -0.450. The van der Waals surface area contributed by atoms with Crippen molar-refractivity contribution >= 4 is 11.9 Å². The van der Waals surface area contributed by atoms with E-state index in [9.17, 15) is 9.59 Å². The van der Waals surface area contributed by atoms with Gasteiger partial charge in [0.15, 0.2) is 0 Å². The van der Waals surface area contributed by atoms with Gasteiger partial charge in [0.1, 0.15) is 0 Å². The lowest BCUT2D eigenvalue weighted by atomic mass is 10.4. The van der Waals surface area contributed by atoms with Crippen molar-refractivity contribution in [2.75, 3.05) is 26.7 Å². The normalized spacial score (nSPS) is 10.2. The van der Waals surface area contributed by atoms with Gasteiger partial charge in [-0.25, -0.2) is 0 Å². The molecule has 14 heavy (non-hydrogen) atoms. The molecule has 0 aromatic heterocycles. The molecule has 0 heterocycles. The summed E-state index contributed by atoms with van der Waals surface area (Å²) in [6, 6.07) is 0. The largest absolute Gasteiger partial charge is 0.465 e. The third-order valence-corrected chi connectivity index (χ3v) is 1.59. The van der Waals surface area contributed by atoms with Gasteiger partial charge in [-0.1, -0.05) is 13.3 Å². The second kappa shape index (κ2) is 7.32. The Hall–Kier alpha value is -1.10. The molecule has 5 nitrogen and oxygen atoms in total. The molecule has 0 fully saturated rings. The van der Waals surface area contributed by atoms with E-state index in [1.54, 1.807) is 7.05 Å². The van der Waals surface area contributed by atoms with Crippen molar-refractivity contribution in [1.82, 2.24) is 4.90 Å². The maximum Gasteiger partial charge on any atom is 0.320 e. The Morgan fingerprint density at radius 1 is 1.36 bits per heavy atom. The van der Waals surface area contributed by atoms with Crippen LogP contribution in [0.1, 0.15) is 19.8 Å². The molecule has 0 unspecified atom stereocenters. The van der Waals surface area contributed by atoms with E-state index in [4.69, 9.17) is 10.5 Å². The molecule has 0 aliphatic heterocycles. The van der Waals surface area contributed by atoms with Crippen LogP contribution in [0.2, 0.25) is 0 Å². The van der Waals surface area contributed by atoms with Crippen molar-refractivity contribution in [2.45, 2.75) is 19.8 Å². The molecule has 0 spiro atoms. The second-order valence-corrected chi connectivity index (χ2v) is 3.21. The molecule has 0 atom stereocenters. The van der Waals surface area contributed by atoms with E-state index in [2.05, 4.69) is 0 Å². The van der Waals surface area contributed by atoms with Crippen molar-refractivity contribution in [1.29, 1.82) is 0 Å². The van der Waals surface area contributed by atoms with Crippen LogP contribution in [0.5, 0.6) is 0 Å². The third kappa shape index (κ3) is 7.54. The SMILES string of the molecule is CCCCOC(=O)CN(C)CC(N)=O. The monoisotopic (exact) mass is 202 g/mol. The number of likely N-dealkylation sites (N-methyl/N-ethyl adjacent to an activating group) is 1. The molecule has 0 aromatic rings. The fourth-order valence-corrected chi connectivity index (χ4v) is 0.918. The molecular formula is C9H18N2O3. The molecule has 0 aliphatic rings. The molecule has 0 rings (SSSR count). The first-order valence-electron chi connectivity index (χ1n) is 4.68. The Morgan fingerprint density at radius 2 is 2.00 bits per heavy atom. The minimum absolute atomic E-state index is 0.0723. The number of amides is 1. The van der Waals surface area contributed by atoms with E-state index in [-0.39, 0.29) is 19.1 Å². The van der Waals surface area contributed by atoms with Gasteiger partial charge >= 0.3 is 5.97 Å². The summed E-state index contributed by atoms with van der Waals surface area (Å²) >= 11 is 0. The molecule has 82 valence electrons. The lowest BCUT2D eigenvalue weighted by molar-refractivity contribution is -0.144. The van der Waals surface area contributed by atoms with Gasteiger partial charge in [-0.2, -0.15) is 0 Å². The van der Waals surface area contributed by atoms with E-state index in [1.807, 2.05) is 6.92 Å². The number of esters is 1. The Bertz CT molecular complexity index is 194. The van der Waals surface area contributed by atoms with E-state index < -0.39 is 5.91 Å². The summed E-state index contributed by atoms with van der Waals surface area (Å²) in [5.74, 6) is -0.768. The molecule has 0 saturated heterocycles. The van der Waals surface area contributed by atoms with E-state index >= 15 is 0 Å². The average molecular weight is 202 g/mol. The van der Waals surface area contributed by atoms with Crippen molar-refractivity contribution in [3.8, 4) is 0 Å². The molecule has 0 saturated carbocycles. The van der Waals surface area contributed by atoms with E-state index in [0.29, 0.717) is 6.61 Å². The number of nitrogens with two attached hydrogens (primary N) is 1. The fraction of sp³-hybridized carbons (Fsp3) is 0.778. The lowest BCUT2D eigenvalue weighted by Crippen LogP contribution is -2.35. The number of rotatable bonds is 7. The van der Waals surface area contributed by atoms with Crippen LogP contribution in [-0.4, -0.2) is 43.5 Å². The summed E-state index contributed by atoms with van der Waals surface area (Å²) in [7, 11) is 1.64. The molecule has 0 radical (unpaired) electrons. The van der Waals surface area contributed by atoms with Gasteiger partial charge in [-0.3, -0.25) is 14.5 Å². The first kappa shape index (κ1) is 12.9. The highest BCUT2D eigenvalue weighted by Crippen LogP contribution is 1.90. The Labute approximate surface area is 84.2 Å². The zero-order valence-corrected chi connectivity index (χ0v) is 8.78. The molecule has 5 heteroatoms. The van der Waals surface area contributed by atoms with Gasteiger partial charge in [-0.05, 0) is 13.5 Å². The summed E-state index contributed by atoms with van der Waals surface area (Å²) in [6.45, 7) is 2.64. The number of ether oxygens (including phenoxy) is 1.